The second-order valence-corrected chi connectivity index (χ2v) is 7.40. The Morgan fingerprint density at radius 3 is 2.47 bits per heavy atom. The number of hydrogen-bond donors (Lipinski definition) is 2. The van der Waals surface area contributed by atoms with Gasteiger partial charge in [-0.25, -0.2) is 4.79 Å². The molecular formula is C22H25ClN4O3. The highest BCUT2D eigenvalue weighted by Crippen LogP contribution is 2.15. The van der Waals surface area contributed by atoms with Gasteiger partial charge in [0.1, 0.15) is 0 Å². The second-order valence-electron chi connectivity index (χ2n) is 7.00. The molecule has 3 amide bonds. The van der Waals surface area contributed by atoms with E-state index in [0.29, 0.717) is 37.5 Å². The number of hydrogen-bond acceptors (Lipinski definition) is 4. The van der Waals surface area contributed by atoms with E-state index in [4.69, 9.17) is 16.4 Å². The SMILES string of the molecule is CC(ON=C1CCN(C(=O)Nc2ccccc2)CC1)C(=O)NCc1ccccc1Cl. The van der Waals surface area contributed by atoms with Crippen LogP contribution in [0.4, 0.5) is 10.5 Å². The predicted octanol–water partition coefficient (Wildman–Crippen LogP) is 4.05. The number of piperidine rings is 1. The summed E-state index contributed by atoms with van der Waals surface area (Å²) in [6.07, 6.45) is 0.492. The van der Waals surface area contributed by atoms with E-state index in [1.165, 1.54) is 0 Å². The Balaban J connectivity index is 1.41. The zero-order valence-electron chi connectivity index (χ0n) is 16.8. The van der Waals surface area contributed by atoms with Crippen LogP contribution in [0.5, 0.6) is 0 Å². The van der Waals surface area contributed by atoms with Crippen LogP contribution in [0.25, 0.3) is 0 Å². The van der Waals surface area contributed by atoms with Crippen molar-refractivity contribution in [1.29, 1.82) is 0 Å². The second kappa shape index (κ2) is 10.6. The van der Waals surface area contributed by atoms with Crippen LogP contribution in [0, 0.1) is 0 Å². The maximum atomic E-state index is 12.3. The molecular weight excluding hydrogens is 404 g/mol. The van der Waals surface area contributed by atoms with Crippen molar-refractivity contribution in [3.8, 4) is 0 Å². The summed E-state index contributed by atoms with van der Waals surface area (Å²) in [4.78, 5) is 31.6. The van der Waals surface area contributed by atoms with Gasteiger partial charge in [0.2, 0.25) is 6.10 Å². The van der Waals surface area contributed by atoms with Gasteiger partial charge >= 0.3 is 6.03 Å². The van der Waals surface area contributed by atoms with Gasteiger partial charge in [-0.15, -0.1) is 0 Å². The first kappa shape index (κ1) is 21.6. The Labute approximate surface area is 181 Å². The Morgan fingerprint density at radius 2 is 1.77 bits per heavy atom. The largest absolute Gasteiger partial charge is 0.383 e. The van der Waals surface area contributed by atoms with Gasteiger partial charge in [0.05, 0.1) is 5.71 Å². The number of rotatable bonds is 6. The molecule has 0 aromatic heterocycles. The zero-order valence-corrected chi connectivity index (χ0v) is 17.6. The van der Waals surface area contributed by atoms with Crippen LogP contribution in [-0.2, 0) is 16.2 Å². The third kappa shape index (κ3) is 6.22. The van der Waals surface area contributed by atoms with Gasteiger partial charge in [-0.1, -0.05) is 53.2 Å². The van der Waals surface area contributed by atoms with Crippen molar-refractivity contribution >= 4 is 34.9 Å². The number of benzene rings is 2. The number of nitrogens with zero attached hydrogens (tertiary/aromatic N) is 2. The van der Waals surface area contributed by atoms with Gasteiger partial charge in [-0.3, -0.25) is 4.79 Å². The lowest BCUT2D eigenvalue weighted by Crippen LogP contribution is -2.41. The van der Waals surface area contributed by atoms with E-state index in [1.807, 2.05) is 48.5 Å². The smallest absolute Gasteiger partial charge is 0.321 e. The minimum Gasteiger partial charge on any atom is -0.383 e. The third-order valence-corrected chi connectivity index (χ3v) is 5.14. The quantitative estimate of drug-likeness (QED) is 0.681. The molecule has 2 N–H and O–H groups in total. The van der Waals surface area contributed by atoms with E-state index in [1.54, 1.807) is 17.9 Å². The highest BCUT2D eigenvalue weighted by molar-refractivity contribution is 6.31. The zero-order chi connectivity index (χ0) is 21.3. The molecule has 1 aliphatic rings. The lowest BCUT2D eigenvalue weighted by atomic mass is 10.1. The van der Waals surface area contributed by atoms with Crippen molar-refractivity contribution < 1.29 is 14.4 Å². The standard InChI is InChI=1S/C22H25ClN4O3/c1-16(21(28)24-15-17-7-5-6-10-20(17)23)30-26-19-11-13-27(14-12-19)22(29)25-18-8-3-2-4-9-18/h2-10,16H,11-15H2,1H3,(H,24,28)(H,25,29). The molecule has 1 fully saturated rings. The normalized spacial score (nSPS) is 14.6. The van der Waals surface area contributed by atoms with Gasteiger partial charge in [0.25, 0.3) is 5.91 Å². The summed E-state index contributed by atoms with van der Waals surface area (Å²) in [5.74, 6) is -0.265. The summed E-state index contributed by atoms with van der Waals surface area (Å²) in [5.41, 5.74) is 2.44. The Kier molecular flexibility index (Phi) is 7.68. The first-order valence-corrected chi connectivity index (χ1v) is 10.2. The number of amides is 3. The van der Waals surface area contributed by atoms with Crippen molar-refractivity contribution in [3.05, 3.63) is 65.2 Å². The molecule has 0 radical (unpaired) electrons. The predicted molar refractivity (Wildman–Crippen MR) is 118 cm³/mol. The number of para-hydroxylation sites is 1. The monoisotopic (exact) mass is 428 g/mol. The molecule has 0 bridgehead atoms. The fraction of sp³-hybridized carbons (Fsp3) is 0.318. The molecule has 0 spiro atoms. The van der Waals surface area contributed by atoms with Crippen LogP contribution in [0.3, 0.4) is 0 Å². The van der Waals surface area contributed by atoms with E-state index < -0.39 is 6.10 Å². The molecule has 30 heavy (non-hydrogen) atoms. The summed E-state index contributed by atoms with van der Waals surface area (Å²) in [5, 5.41) is 10.4. The lowest BCUT2D eigenvalue weighted by Gasteiger charge is -2.27. The molecule has 7 nitrogen and oxygen atoms in total. The number of halogens is 1. The minimum absolute atomic E-state index is 0.131. The maximum Gasteiger partial charge on any atom is 0.321 e. The minimum atomic E-state index is -0.723. The molecule has 0 saturated carbocycles. The lowest BCUT2D eigenvalue weighted by molar-refractivity contribution is -0.131. The summed E-state index contributed by atoms with van der Waals surface area (Å²) in [7, 11) is 0. The Hall–Kier alpha value is -3.06. The van der Waals surface area contributed by atoms with Crippen LogP contribution in [0.15, 0.2) is 59.8 Å². The maximum absolute atomic E-state index is 12.3. The van der Waals surface area contributed by atoms with Gasteiger partial charge in [-0.05, 0) is 30.7 Å². The van der Waals surface area contributed by atoms with E-state index in [0.717, 1.165) is 17.0 Å². The number of likely N-dealkylation sites (tertiary alicyclic amines) is 1. The number of carbonyl (C=O) groups is 2. The van der Waals surface area contributed by atoms with Crippen LogP contribution >= 0.6 is 11.6 Å². The van der Waals surface area contributed by atoms with Crippen molar-refractivity contribution in [3.63, 3.8) is 0 Å². The average Bonchev–Trinajstić information content (AvgIpc) is 2.77. The van der Waals surface area contributed by atoms with Gasteiger partial charge < -0.3 is 20.4 Å². The first-order valence-electron chi connectivity index (χ1n) is 9.86. The summed E-state index contributed by atoms with van der Waals surface area (Å²) >= 11 is 6.09. The van der Waals surface area contributed by atoms with Gasteiger partial charge in [0.15, 0.2) is 0 Å². The van der Waals surface area contributed by atoms with E-state index >= 15 is 0 Å². The van der Waals surface area contributed by atoms with E-state index in [9.17, 15) is 9.59 Å². The molecule has 1 aliphatic heterocycles. The molecule has 2 aromatic rings. The van der Waals surface area contributed by atoms with Crippen molar-refractivity contribution in [2.24, 2.45) is 5.16 Å². The van der Waals surface area contributed by atoms with E-state index in [-0.39, 0.29) is 11.9 Å². The molecule has 1 atom stereocenters. The van der Waals surface area contributed by atoms with Crippen LogP contribution in [0.1, 0.15) is 25.3 Å². The molecule has 158 valence electrons. The highest BCUT2D eigenvalue weighted by atomic mass is 35.5. The summed E-state index contributed by atoms with van der Waals surface area (Å²) < 4.78 is 0. The molecule has 1 heterocycles. The average molecular weight is 429 g/mol. The molecule has 8 heteroatoms. The molecule has 0 aliphatic carbocycles. The fourth-order valence-corrected chi connectivity index (χ4v) is 3.16. The van der Waals surface area contributed by atoms with E-state index in [2.05, 4.69) is 15.8 Å². The fourth-order valence-electron chi connectivity index (χ4n) is 2.95. The first-order chi connectivity index (χ1) is 14.5. The number of anilines is 1. The van der Waals surface area contributed by atoms with Crippen molar-refractivity contribution in [2.75, 3.05) is 18.4 Å². The van der Waals surface area contributed by atoms with Gasteiger partial charge in [0, 0.05) is 43.2 Å². The topological polar surface area (TPSA) is 83.0 Å². The van der Waals surface area contributed by atoms with Crippen LogP contribution in [-0.4, -0.2) is 41.7 Å². The molecule has 3 rings (SSSR count). The van der Waals surface area contributed by atoms with Gasteiger partial charge in [-0.2, -0.15) is 0 Å². The summed E-state index contributed by atoms with van der Waals surface area (Å²) in [6.45, 7) is 3.07. The Bertz CT molecular complexity index is 894. The van der Waals surface area contributed by atoms with Crippen LogP contribution in [0.2, 0.25) is 5.02 Å². The number of oxime groups is 1. The Morgan fingerprint density at radius 1 is 1.10 bits per heavy atom. The van der Waals surface area contributed by atoms with Crippen LogP contribution < -0.4 is 10.6 Å². The number of nitrogens with one attached hydrogen (secondary N) is 2. The third-order valence-electron chi connectivity index (χ3n) is 4.77. The highest BCUT2D eigenvalue weighted by Gasteiger charge is 2.21. The number of carbonyl (C=O) groups excluding carboxylic acids is 2. The molecule has 1 saturated heterocycles. The molecule has 2 aromatic carbocycles. The summed E-state index contributed by atoms with van der Waals surface area (Å²) in [6, 6.07) is 16.6. The van der Waals surface area contributed by atoms with Crippen molar-refractivity contribution in [2.45, 2.75) is 32.4 Å². The number of urea groups is 1. The van der Waals surface area contributed by atoms with Crippen molar-refractivity contribution in [1.82, 2.24) is 10.2 Å². The molecule has 1 unspecified atom stereocenters.